The average Bonchev–Trinajstić information content (AvgIpc) is 2.96. The van der Waals surface area contributed by atoms with E-state index >= 15 is 0 Å². The third-order valence-corrected chi connectivity index (χ3v) is 4.33. The highest BCUT2D eigenvalue weighted by molar-refractivity contribution is 5.80. The molecule has 0 bridgehead atoms. The van der Waals surface area contributed by atoms with Gasteiger partial charge in [-0.25, -0.2) is 4.98 Å². The van der Waals surface area contributed by atoms with Crippen molar-refractivity contribution in [3.63, 3.8) is 0 Å². The number of hydrogen-bond donors (Lipinski definition) is 1. The third kappa shape index (κ3) is 2.13. The van der Waals surface area contributed by atoms with Crippen LogP contribution < -0.4 is 5.32 Å². The van der Waals surface area contributed by atoms with Gasteiger partial charge in [0.25, 0.3) is 0 Å². The van der Waals surface area contributed by atoms with Gasteiger partial charge in [-0.2, -0.15) is 0 Å². The van der Waals surface area contributed by atoms with E-state index in [1.807, 2.05) is 24.4 Å². The monoisotopic (exact) mass is 289 g/mol. The second-order valence-electron chi connectivity index (χ2n) is 5.63. The predicted molar refractivity (Wildman–Crippen MR) is 85.8 cm³/mol. The lowest BCUT2D eigenvalue weighted by Gasteiger charge is -2.13. The minimum Gasteiger partial charge on any atom is -0.313 e. The highest BCUT2D eigenvalue weighted by atomic mass is 16.1. The molecule has 0 saturated heterocycles. The Morgan fingerprint density at radius 1 is 1.05 bits per heavy atom. The Morgan fingerprint density at radius 2 is 1.82 bits per heavy atom. The Hall–Kier alpha value is -2.75. The lowest BCUT2D eigenvalue weighted by molar-refractivity contribution is -0.105. The number of nitrogens with zero attached hydrogens (tertiary/aromatic N) is 2. The van der Waals surface area contributed by atoms with Gasteiger partial charge in [-0.3, -0.25) is 9.78 Å². The first kappa shape index (κ1) is 13.0. The van der Waals surface area contributed by atoms with Gasteiger partial charge in [-0.1, -0.05) is 12.1 Å². The second kappa shape index (κ2) is 5.22. The van der Waals surface area contributed by atoms with Crippen LogP contribution in [0.25, 0.3) is 10.9 Å². The fraction of sp³-hybridized carbons (Fsp3) is 0.167. The first-order chi connectivity index (χ1) is 10.8. The van der Waals surface area contributed by atoms with Gasteiger partial charge in [-0.05, 0) is 59.7 Å². The van der Waals surface area contributed by atoms with Crippen molar-refractivity contribution in [1.29, 1.82) is 0 Å². The van der Waals surface area contributed by atoms with Gasteiger partial charge in [0.2, 0.25) is 6.41 Å². The van der Waals surface area contributed by atoms with E-state index in [4.69, 9.17) is 0 Å². The number of carbonyl (C=O) groups excluding carboxylic acids is 1. The van der Waals surface area contributed by atoms with Gasteiger partial charge in [0.15, 0.2) is 0 Å². The molecule has 2 aromatic heterocycles. The van der Waals surface area contributed by atoms with Crippen LogP contribution in [0.1, 0.15) is 22.6 Å². The number of aromatic nitrogens is 2. The maximum atomic E-state index is 10.8. The minimum absolute atomic E-state index is 0.350. The summed E-state index contributed by atoms with van der Waals surface area (Å²) in [6.45, 7) is 0. The van der Waals surface area contributed by atoms with Crippen molar-refractivity contribution in [1.82, 2.24) is 9.97 Å². The molecule has 0 spiro atoms. The summed E-state index contributed by atoms with van der Waals surface area (Å²) in [7, 11) is 0. The van der Waals surface area contributed by atoms with Crippen LogP contribution in [0.3, 0.4) is 0 Å². The highest BCUT2D eigenvalue weighted by Crippen LogP contribution is 2.37. The summed E-state index contributed by atoms with van der Waals surface area (Å²) in [5.41, 5.74) is 4.85. The molecule has 2 heterocycles. The van der Waals surface area contributed by atoms with E-state index < -0.39 is 0 Å². The van der Waals surface area contributed by atoms with Crippen LogP contribution in [0.15, 0.2) is 48.8 Å². The molecule has 0 fully saturated rings. The van der Waals surface area contributed by atoms with Gasteiger partial charge in [0.05, 0.1) is 5.52 Å². The lowest BCUT2D eigenvalue weighted by atomic mass is 9.97. The van der Waals surface area contributed by atoms with Gasteiger partial charge >= 0.3 is 0 Å². The van der Waals surface area contributed by atoms with Gasteiger partial charge < -0.3 is 5.32 Å². The number of pyridine rings is 2. The van der Waals surface area contributed by atoms with E-state index in [1.165, 1.54) is 16.5 Å². The zero-order chi connectivity index (χ0) is 14.9. The maximum Gasteiger partial charge on any atom is 0.212 e. The summed E-state index contributed by atoms with van der Waals surface area (Å²) >= 11 is 0. The number of carbonyl (C=O) groups is 1. The molecule has 0 aliphatic heterocycles. The highest BCUT2D eigenvalue weighted by Gasteiger charge is 2.25. The van der Waals surface area contributed by atoms with Gasteiger partial charge in [-0.15, -0.1) is 0 Å². The largest absolute Gasteiger partial charge is 0.313 e. The average molecular weight is 289 g/mol. The normalized spacial score (nSPS) is 16.5. The number of nitrogens with one attached hydrogen (secondary N) is 1. The molecule has 1 N–H and O–H groups in total. The van der Waals surface area contributed by atoms with E-state index in [-0.39, 0.29) is 0 Å². The molecule has 1 aliphatic carbocycles. The van der Waals surface area contributed by atoms with Crippen molar-refractivity contribution in [3.8, 4) is 0 Å². The second-order valence-corrected chi connectivity index (χ2v) is 5.63. The van der Waals surface area contributed by atoms with Crippen LogP contribution in [0.2, 0.25) is 0 Å². The van der Waals surface area contributed by atoms with E-state index in [0.29, 0.717) is 18.1 Å². The number of benzene rings is 1. The van der Waals surface area contributed by atoms with Crippen molar-refractivity contribution in [2.75, 3.05) is 5.32 Å². The first-order valence-electron chi connectivity index (χ1n) is 7.37. The topological polar surface area (TPSA) is 54.9 Å². The molecule has 22 heavy (non-hydrogen) atoms. The van der Waals surface area contributed by atoms with Crippen LogP contribution in [0, 0.1) is 0 Å². The number of anilines is 1. The molecule has 3 aromatic rings. The van der Waals surface area contributed by atoms with Crippen LogP contribution in [-0.4, -0.2) is 16.4 Å². The smallest absolute Gasteiger partial charge is 0.212 e. The zero-order valence-electron chi connectivity index (χ0n) is 12.0. The molecule has 1 amide bonds. The Labute approximate surface area is 128 Å². The summed E-state index contributed by atoms with van der Waals surface area (Å²) in [4.78, 5) is 19.5. The molecule has 1 aliphatic rings. The Morgan fingerprint density at radius 3 is 2.68 bits per heavy atom. The molecule has 0 radical (unpaired) electrons. The number of fused-ring (bicyclic) bond motifs is 2. The summed E-state index contributed by atoms with van der Waals surface area (Å²) < 4.78 is 0. The molecular weight excluding hydrogens is 274 g/mol. The van der Waals surface area contributed by atoms with E-state index in [2.05, 4.69) is 33.5 Å². The molecule has 4 nitrogen and oxygen atoms in total. The molecule has 1 aromatic carbocycles. The lowest BCUT2D eigenvalue weighted by Crippen LogP contribution is -2.06. The zero-order valence-corrected chi connectivity index (χ0v) is 12.0. The van der Waals surface area contributed by atoms with Crippen molar-refractivity contribution in [3.05, 3.63) is 65.5 Å². The molecular formula is C18H15N3O. The van der Waals surface area contributed by atoms with Crippen LogP contribution in [-0.2, 0) is 17.6 Å². The van der Waals surface area contributed by atoms with Crippen LogP contribution in [0.4, 0.5) is 5.82 Å². The summed E-state index contributed by atoms with van der Waals surface area (Å²) in [6.07, 6.45) is 6.15. The molecule has 1 atom stereocenters. The standard InChI is InChI=1S/C18H15N3O/c22-11-21-18-16(4-2-6-20-18)15-8-13-7-12-3-1-5-19-17(12)10-14(13)9-15/h1-7,10-11,15H,8-9H2,(H,20,21,22). The maximum absolute atomic E-state index is 10.8. The summed E-state index contributed by atoms with van der Waals surface area (Å²) in [5.74, 6) is 1.01. The van der Waals surface area contributed by atoms with Crippen LogP contribution >= 0.6 is 0 Å². The van der Waals surface area contributed by atoms with Crippen molar-refractivity contribution >= 4 is 23.1 Å². The number of hydrogen-bond acceptors (Lipinski definition) is 3. The van der Waals surface area contributed by atoms with E-state index in [0.717, 1.165) is 23.9 Å². The van der Waals surface area contributed by atoms with Crippen molar-refractivity contribution in [2.24, 2.45) is 0 Å². The van der Waals surface area contributed by atoms with Gasteiger partial charge in [0, 0.05) is 17.8 Å². The molecule has 4 heteroatoms. The Kier molecular flexibility index (Phi) is 3.07. The molecule has 108 valence electrons. The summed E-state index contributed by atoms with van der Waals surface area (Å²) in [5, 5.41) is 3.89. The minimum atomic E-state index is 0.350. The Bertz CT molecular complexity index is 815. The van der Waals surface area contributed by atoms with E-state index in [9.17, 15) is 4.79 Å². The third-order valence-electron chi connectivity index (χ3n) is 4.33. The first-order valence-corrected chi connectivity index (χ1v) is 7.37. The fourth-order valence-electron chi connectivity index (χ4n) is 3.34. The predicted octanol–water partition coefficient (Wildman–Crippen LogP) is 3.08. The molecule has 0 saturated carbocycles. The van der Waals surface area contributed by atoms with Gasteiger partial charge in [0.1, 0.15) is 5.82 Å². The van der Waals surface area contributed by atoms with Crippen LogP contribution in [0.5, 0.6) is 0 Å². The van der Waals surface area contributed by atoms with Crippen molar-refractivity contribution in [2.45, 2.75) is 18.8 Å². The fourth-order valence-corrected chi connectivity index (χ4v) is 3.34. The number of amides is 1. The quantitative estimate of drug-likeness (QED) is 0.754. The SMILES string of the molecule is O=CNc1ncccc1C1Cc2cc3cccnc3cc2C1. The Balaban J connectivity index is 1.72. The number of rotatable bonds is 3. The van der Waals surface area contributed by atoms with E-state index in [1.54, 1.807) is 6.20 Å². The molecule has 1 unspecified atom stereocenters. The molecule has 4 rings (SSSR count). The van der Waals surface area contributed by atoms with Crippen molar-refractivity contribution < 1.29 is 4.79 Å². The summed E-state index contributed by atoms with van der Waals surface area (Å²) in [6, 6.07) is 12.5.